The molecule has 2 aliphatic heterocycles. The monoisotopic (exact) mass is 560 g/mol. The standard InChI is InChI=1S/C29H21ClN2O6S/c1-2-11-36-19-7-3-16(4-8-19)25-24(26(33)17-5-10-21-22(14-17)38-13-12-37-21)27(34)28(35)32(25)29-31-20-9-6-18(30)15-23(20)39-29/h2-10,14-15,25,33H,1,11-13H2/b26-24-. The van der Waals surface area contributed by atoms with Crippen molar-refractivity contribution in [3.8, 4) is 17.2 Å². The fraction of sp³-hybridized carbons (Fsp3) is 0.138. The molecule has 3 heterocycles. The van der Waals surface area contributed by atoms with Crippen molar-refractivity contribution in [1.29, 1.82) is 0 Å². The number of anilines is 1. The third-order valence-electron chi connectivity index (χ3n) is 6.37. The summed E-state index contributed by atoms with van der Waals surface area (Å²) in [4.78, 5) is 33.0. The van der Waals surface area contributed by atoms with Gasteiger partial charge in [-0.25, -0.2) is 4.98 Å². The molecule has 1 N–H and O–H groups in total. The first-order chi connectivity index (χ1) is 18.9. The molecule has 3 aromatic carbocycles. The highest BCUT2D eigenvalue weighted by Crippen LogP contribution is 2.45. The number of hydrogen-bond donors (Lipinski definition) is 1. The van der Waals surface area contributed by atoms with Gasteiger partial charge < -0.3 is 19.3 Å². The van der Waals surface area contributed by atoms with E-state index in [1.807, 2.05) is 0 Å². The topological polar surface area (TPSA) is 98.2 Å². The van der Waals surface area contributed by atoms with Crippen molar-refractivity contribution in [1.82, 2.24) is 4.98 Å². The lowest BCUT2D eigenvalue weighted by atomic mass is 9.95. The first-order valence-electron chi connectivity index (χ1n) is 12.1. The number of amides is 1. The van der Waals surface area contributed by atoms with Gasteiger partial charge in [-0.1, -0.05) is 47.7 Å². The molecule has 1 unspecified atom stereocenters. The lowest BCUT2D eigenvalue weighted by Gasteiger charge is -2.23. The van der Waals surface area contributed by atoms with E-state index in [1.165, 1.54) is 16.2 Å². The van der Waals surface area contributed by atoms with Gasteiger partial charge in [-0.2, -0.15) is 0 Å². The SMILES string of the molecule is C=CCOc1ccc(C2/C(=C(/O)c3ccc4c(c3)OCCO4)C(=O)C(=O)N2c2nc3ccc(Cl)cc3s2)cc1. The summed E-state index contributed by atoms with van der Waals surface area (Å²) in [6.45, 7) is 4.77. The van der Waals surface area contributed by atoms with Crippen LogP contribution in [0, 0.1) is 0 Å². The van der Waals surface area contributed by atoms with Gasteiger partial charge in [0.2, 0.25) is 0 Å². The number of ether oxygens (including phenoxy) is 3. The van der Waals surface area contributed by atoms with E-state index in [0.717, 1.165) is 4.70 Å². The molecule has 0 spiro atoms. The Labute approximate surface area is 232 Å². The fourth-order valence-corrected chi connectivity index (χ4v) is 5.85. The van der Waals surface area contributed by atoms with Crippen LogP contribution in [0.5, 0.6) is 17.2 Å². The third-order valence-corrected chi connectivity index (χ3v) is 7.62. The number of aromatic nitrogens is 1. The fourth-order valence-electron chi connectivity index (χ4n) is 4.58. The highest BCUT2D eigenvalue weighted by molar-refractivity contribution is 7.22. The minimum atomic E-state index is -0.942. The molecule has 0 aliphatic carbocycles. The highest BCUT2D eigenvalue weighted by atomic mass is 35.5. The van der Waals surface area contributed by atoms with Crippen molar-refractivity contribution in [2.24, 2.45) is 0 Å². The van der Waals surface area contributed by atoms with E-state index in [0.29, 0.717) is 63.9 Å². The van der Waals surface area contributed by atoms with E-state index >= 15 is 0 Å². The van der Waals surface area contributed by atoms with Gasteiger partial charge in [0.05, 0.1) is 21.8 Å². The number of ketones is 1. The van der Waals surface area contributed by atoms with E-state index in [2.05, 4.69) is 11.6 Å². The van der Waals surface area contributed by atoms with Crippen LogP contribution in [0.4, 0.5) is 5.13 Å². The molecule has 8 nitrogen and oxygen atoms in total. The van der Waals surface area contributed by atoms with Gasteiger partial charge in [-0.05, 0) is 54.1 Å². The molecule has 0 radical (unpaired) electrons. The van der Waals surface area contributed by atoms with Crippen LogP contribution < -0.4 is 19.1 Å². The van der Waals surface area contributed by atoms with Gasteiger partial charge in [0.15, 0.2) is 16.6 Å². The number of hydrogen-bond acceptors (Lipinski definition) is 8. The van der Waals surface area contributed by atoms with E-state index < -0.39 is 17.7 Å². The molecular formula is C29H21ClN2O6S. The van der Waals surface area contributed by atoms with Crippen molar-refractivity contribution in [2.45, 2.75) is 6.04 Å². The first kappa shape index (κ1) is 25.0. The number of nitrogens with zero attached hydrogens (tertiary/aromatic N) is 2. The predicted octanol–water partition coefficient (Wildman–Crippen LogP) is 5.91. The second kappa shape index (κ2) is 10.1. The van der Waals surface area contributed by atoms with Crippen LogP contribution in [0.25, 0.3) is 16.0 Å². The summed E-state index contributed by atoms with van der Waals surface area (Å²) >= 11 is 7.40. The normalized spacial score (nSPS) is 18.0. The molecule has 1 saturated heterocycles. The second-order valence-electron chi connectivity index (χ2n) is 8.80. The van der Waals surface area contributed by atoms with Crippen molar-refractivity contribution < 1.29 is 28.9 Å². The maximum Gasteiger partial charge on any atom is 0.301 e. The molecule has 0 bridgehead atoms. The van der Waals surface area contributed by atoms with Crippen LogP contribution in [0.2, 0.25) is 5.02 Å². The average Bonchev–Trinajstić information content (AvgIpc) is 3.48. The summed E-state index contributed by atoms with van der Waals surface area (Å²) in [5.74, 6) is -0.361. The Hall–Kier alpha value is -4.34. The van der Waals surface area contributed by atoms with Crippen molar-refractivity contribution in [2.75, 3.05) is 24.7 Å². The molecule has 1 atom stereocenters. The Morgan fingerprint density at radius 3 is 2.64 bits per heavy atom. The van der Waals surface area contributed by atoms with Gasteiger partial charge in [0.1, 0.15) is 31.3 Å². The Balaban J connectivity index is 1.50. The Morgan fingerprint density at radius 1 is 1.10 bits per heavy atom. The summed E-state index contributed by atoms with van der Waals surface area (Å²) < 4.78 is 17.6. The van der Waals surface area contributed by atoms with Gasteiger partial charge in [-0.3, -0.25) is 14.5 Å². The second-order valence-corrected chi connectivity index (χ2v) is 10.3. The van der Waals surface area contributed by atoms with Gasteiger partial charge in [0.25, 0.3) is 5.78 Å². The molecule has 196 valence electrons. The van der Waals surface area contributed by atoms with Crippen LogP contribution in [-0.2, 0) is 9.59 Å². The van der Waals surface area contributed by atoms with Gasteiger partial charge in [-0.15, -0.1) is 0 Å². The van der Waals surface area contributed by atoms with Crippen LogP contribution in [0.1, 0.15) is 17.2 Å². The number of halogens is 1. The molecule has 1 fully saturated rings. The summed E-state index contributed by atoms with van der Waals surface area (Å²) in [7, 11) is 0. The Kier molecular flexibility index (Phi) is 6.46. The molecule has 4 aromatic rings. The van der Waals surface area contributed by atoms with Crippen LogP contribution >= 0.6 is 22.9 Å². The molecule has 10 heteroatoms. The number of aliphatic hydroxyl groups excluding tert-OH is 1. The first-order valence-corrected chi connectivity index (χ1v) is 13.2. The number of rotatable bonds is 6. The average molecular weight is 561 g/mol. The zero-order chi connectivity index (χ0) is 27.1. The van der Waals surface area contributed by atoms with E-state index in [1.54, 1.807) is 66.7 Å². The number of carbonyl (C=O) groups excluding carboxylic acids is 2. The number of aliphatic hydroxyl groups is 1. The summed E-state index contributed by atoms with van der Waals surface area (Å²) in [6.07, 6.45) is 1.63. The van der Waals surface area contributed by atoms with Gasteiger partial charge in [0, 0.05) is 10.6 Å². The molecule has 39 heavy (non-hydrogen) atoms. The lowest BCUT2D eigenvalue weighted by Crippen LogP contribution is -2.29. The summed E-state index contributed by atoms with van der Waals surface area (Å²) in [5, 5.41) is 12.3. The maximum absolute atomic E-state index is 13.5. The number of benzene rings is 3. The summed E-state index contributed by atoms with van der Waals surface area (Å²) in [6, 6.07) is 16.1. The Bertz CT molecular complexity index is 1660. The zero-order valence-electron chi connectivity index (χ0n) is 20.4. The molecule has 6 rings (SSSR count). The number of fused-ring (bicyclic) bond motifs is 2. The quantitative estimate of drug-likeness (QED) is 0.135. The maximum atomic E-state index is 13.5. The molecule has 0 saturated carbocycles. The zero-order valence-corrected chi connectivity index (χ0v) is 22.0. The van der Waals surface area contributed by atoms with Crippen molar-refractivity contribution in [3.63, 3.8) is 0 Å². The highest BCUT2D eigenvalue weighted by Gasteiger charge is 2.48. The van der Waals surface area contributed by atoms with Crippen LogP contribution in [-0.4, -0.2) is 41.6 Å². The van der Waals surface area contributed by atoms with Crippen LogP contribution in [0.3, 0.4) is 0 Å². The van der Waals surface area contributed by atoms with E-state index in [-0.39, 0.29) is 11.3 Å². The minimum Gasteiger partial charge on any atom is -0.507 e. The minimum absolute atomic E-state index is 0.0614. The van der Waals surface area contributed by atoms with Gasteiger partial charge >= 0.3 is 5.91 Å². The van der Waals surface area contributed by atoms with Crippen LogP contribution in [0.15, 0.2) is 78.9 Å². The molecule has 1 aromatic heterocycles. The molecule has 1 amide bonds. The van der Waals surface area contributed by atoms with Crippen molar-refractivity contribution in [3.05, 3.63) is 95.0 Å². The lowest BCUT2D eigenvalue weighted by molar-refractivity contribution is -0.132. The molecular weight excluding hydrogens is 540 g/mol. The number of Topliss-reactive ketones (excluding diaryl/α,β-unsaturated/α-hetero) is 1. The van der Waals surface area contributed by atoms with E-state index in [9.17, 15) is 14.7 Å². The molecule has 2 aliphatic rings. The Morgan fingerprint density at radius 2 is 1.87 bits per heavy atom. The van der Waals surface area contributed by atoms with E-state index in [4.69, 9.17) is 25.8 Å². The predicted molar refractivity (Wildman–Crippen MR) is 149 cm³/mol. The third kappa shape index (κ3) is 4.49. The summed E-state index contributed by atoms with van der Waals surface area (Å²) in [5.41, 5.74) is 1.49. The van der Waals surface area contributed by atoms with Crippen molar-refractivity contribution >= 4 is 55.7 Å². The smallest absolute Gasteiger partial charge is 0.301 e. The number of thiazole rings is 1. The number of carbonyl (C=O) groups is 2. The largest absolute Gasteiger partial charge is 0.507 e.